The molecule has 0 unspecified atom stereocenters. The van der Waals surface area contributed by atoms with Crippen LogP contribution in [0.1, 0.15) is 0 Å². The quantitative estimate of drug-likeness (QED) is 0.461. The summed E-state index contributed by atoms with van der Waals surface area (Å²) >= 11 is 0. The number of hydrogen-bond donors (Lipinski definition) is 2. The number of benzene rings is 4. The summed E-state index contributed by atoms with van der Waals surface area (Å²) in [6, 6.07) is 27.9. The summed E-state index contributed by atoms with van der Waals surface area (Å²) in [5, 5.41) is 8.54. The Kier molecular flexibility index (Phi) is 6.87. The Labute approximate surface area is 166 Å². The van der Waals surface area contributed by atoms with Gasteiger partial charge in [0.15, 0.2) is 0 Å². The maximum Gasteiger partial charge on any atom is 0.0500 e. The lowest BCUT2D eigenvalue weighted by Gasteiger charge is -2.16. The maximum absolute atomic E-state index is 5.74. The van der Waals surface area contributed by atoms with Gasteiger partial charge in [-0.25, -0.2) is 0 Å². The highest BCUT2D eigenvalue weighted by molar-refractivity contribution is 6.07. The molecular weight excluding hydrogens is 363 g/mol. The van der Waals surface area contributed by atoms with E-state index in [4.69, 9.17) is 5.73 Å². The van der Waals surface area contributed by atoms with Gasteiger partial charge in [-0.05, 0) is 21.7 Å². The minimum Gasteiger partial charge on any atom is -0.383 e. The molecule has 0 radical (unpaired) electrons. The van der Waals surface area contributed by atoms with Crippen LogP contribution in [-0.4, -0.2) is 13.1 Å². The van der Waals surface area contributed by atoms with Gasteiger partial charge in [0.2, 0.25) is 0 Å². The molecule has 0 aromatic heterocycles. The molecule has 0 atom stereocenters. The van der Waals surface area contributed by atoms with Crippen LogP contribution in [0.3, 0.4) is 0 Å². The summed E-state index contributed by atoms with van der Waals surface area (Å²) < 4.78 is 0. The zero-order valence-corrected chi connectivity index (χ0v) is 15.9. The number of halogens is 2. The van der Waals surface area contributed by atoms with Gasteiger partial charge >= 0.3 is 0 Å². The van der Waals surface area contributed by atoms with Gasteiger partial charge in [0, 0.05) is 29.7 Å². The highest BCUT2D eigenvalue weighted by Crippen LogP contribution is 2.38. The van der Waals surface area contributed by atoms with Gasteiger partial charge in [-0.3, -0.25) is 0 Å². The molecule has 0 heterocycles. The smallest absolute Gasteiger partial charge is 0.0500 e. The van der Waals surface area contributed by atoms with Gasteiger partial charge in [0.1, 0.15) is 0 Å². The molecule has 0 fully saturated rings. The summed E-state index contributed by atoms with van der Waals surface area (Å²) in [5.41, 5.74) is 9.37. The van der Waals surface area contributed by atoms with E-state index in [2.05, 4.69) is 84.2 Å². The standard InChI is InChI=1S/C22H20N2.2ClH/c23-14-15-24-22-19-10-4-2-7-17(19)12-13-21(22)20-11-5-8-16-6-1-3-9-18(16)20;;/h1-13,24H,14-15,23H2;2*1H. The third kappa shape index (κ3) is 3.63. The van der Waals surface area contributed by atoms with Crippen molar-refractivity contribution in [2.24, 2.45) is 5.73 Å². The van der Waals surface area contributed by atoms with E-state index in [9.17, 15) is 0 Å². The summed E-state index contributed by atoms with van der Waals surface area (Å²) in [4.78, 5) is 0. The fourth-order valence-corrected chi connectivity index (χ4v) is 3.34. The Bertz CT molecular complexity index is 1010. The average Bonchev–Trinajstić information content (AvgIpc) is 2.65. The Morgan fingerprint density at radius 1 is 0.615 bits per heavy atom. The molecule has 3 N–H and O–H groups in total. The summed E-state index contributed by atoms with van der Waals surface area (Å²) in [5.74, 6) is 0. The Hall–Kier alpha value is -2.26. The Morgan fingerprint density at radius 2 is 1.23 bits per heavy atom. The molecule has 4 rings (SSSR count). The Balaban J connectivity index is 0.00000121. The molecule has 134 valence electrons. The van der Waals surface area contributed by atoms with Crippen molar-refractivity contribution in [2.75, 3.05) is 18.4 Å². The normalized spacial score (nSPS) is 10.2. The zero-order valence-electron chi connectivity index (χ0n) is 14.3. The zero-order chi connectivity index (χ0) is 16.4. The molecular formula is C22H22Cl2N2. The first-order valence-corrected chi connectivity index (χ1v) is 8.32. The monoisotopic (exact) mass is 384 g/mol. The van der Waals surface area contributed by atoms with E-state index in [1.807, 2.05) is 0 Å². The van der Waals surface area contributed by atoms with Crippen molar-refractivity contribution in [3.05, 3.63) is 78.9 Å². The molecule has 0 aliphatic heterocycles. The molecule has 4 heteroatoms. The molecule has 0 saturated heterocycles. The minimum absolute atomic E-state index is 0. The molecule has 4 aromatic carbocycles. The molecule has 0 spiro atoms. The van der Waals surface area contributed by atoms with Crippen LogP contribution in [0.15, 0.2) is 78.9 Å². The first kappa shape index (κ1) is 20.1. The van der Waals surface area contributed by atoms with Gasteiger partial charge in [-0.2, -0.15) is 0 Å². The fraction of sp³-hybridized carbons (Fsp3) is 0.0909. The third-order valence-corrected chi connectivity index (χ3v) is 4.45. The maximum atomic E-state index is 5.74. The molecule has 0 aliphatic carbocycles. The first-order valence-electron chi connectivity index (χ1n) is 8.32. The molecule has 2 nitrogen and oxygen atoms in total. The fourth-order valence-electron chi connectivity index (χ4n) is 3.34. The number of anilines is 1. The molecule has 0 amide bonds. The van der Waals surface area contributed by atoms with Crippen molar-refractivity contribution >= 4 is 52.0 Å². The second kappa shape index (κ2) is 8.91. The first-order chi connectivity index (χ1) is 11.9. The lowest BCUT2D eigenvalue weighted by Crippen LogP contribution is -2.13. The van der Waals surface area contributed by atoms with Crippen LogP contribution in [-0.2, 0) is 0 Å². The van der Waals surface area contributed by atoms with Crippen molar-refractivity contribution in [2.45, 2.75) is 0 Å². The van der Waals surface area contributed by atoms with E-state index >= 15 is 0 Å². The lowest BCUT2D eigenvalue weighted by molar-refractivity contribution is 1.03. The predicted molar refractivity (Wildman–Crippen MR) is 119 cm³/mol. The highest BCUT2D eigenvalue weighted by Gasteiger charge is 2.11. The largest absolute Gasteiger partial charge is 0.383 e. The van der Waals surface area contributed by atoms with Crippen LogP contribution in [0, 0.1) is 0 Å². The predicted octanol–water partition coefficient (Wildman–Crippen LogP) is 5.87. The van der Waals surface area contributed by atoms with Crippen molar-refractivity contribution < 1.29 is 0 Å². The van der Waals surface area contributed by atoms with E-state index in [0.717, 1.165) is 12.2 Å². The lowest BCUT2D eigenvalue weighted by atomic mass is 9.94. The average molecular weight is 385 g/mol. The Morgan fingerprint density at radius 3 is 1.96 bits per heavy atom. The third-order valence-electron chi connectivity index (χ3n) is 4.45. The van der Waals surface area contributed by atoms with Crippen LogP contribution < -0.4 is 11.1 Å². The topological polar surface area (TPSA) is 38.0 Å². The van der Waals surface area contributed by atoms with Crippen LogP contribution in [0.4, 0.5) is 5.69 Å². The van der Waals surface area contributed by atoms with Crippen molar-refractivity contribution in [3.8, 4) is 11.1 Å². The minimum atomic E-state index is 0. The molecule has 4 aromatic rings. The van der Waals surface area contributed by atoms with E-state index in [1.165, 1.54) is 32.7 Å². The van der Waals surface area contributed by atoms with Gasteiger partial charge in [-0.1, -0.05) is 78.9 Å². The van der Waals surface area contributed by atoms with Crippen LogP contribution in [0.5, 0.6) is 0 Å². The summed E-state index contributed by atoms with van der Waals surface area (Å²) in [7, 11) is 0. The number of fused-ring (bicyclic) bond motifs is 2. The van der Waals surface area contributed by atoms with Crippen molar-refractivity contribution in [1.82, 2.24) is 0 Å². The van der Waals surface area contributed by atoms with Gasteiger partial charge in [-0.15, -0.1) is 24.8 Å². The van der Waals surface area contributed by atoms with E-state index in [-0.39, 0.29) is 24.8 Å². The molecule has 0 bridgehead atoms. The van der Waals surface area contributed by atoms with Crippen LogP contribution in [0.25, 0.3) is 32.7 Å². The van der Waals surface area contributed by atoms with E-state index in [0.29, 0.717) is 6.54 Å². The number of hydrogen-bond acceptors (Lipinski definition) is 2. The van der Waals surface area contributed by atoms with Crippen LogP contribution >= 0.6 is 24.8 Å². The number of nitrogens with one attached hydrogen (secondary N) is 1. The molecule has 0 saturated carbocycles. The number of rotatable bonds is 4. The van der Waals surface area contributed by atoms with E-state index in [1.54, 1.807) is 0 Å². The van der Waals surface area contributed by atoms with Crippen molar-refractivity contribution in [3.63, 3.8) is 0 Å². The summed E-state index contributed by atoms with van der Waals surface area (Å²) in [6.45, 7) is 1.37. The van der Waals surface area contributed by atoms with Gasteiger partial charge in [0.05, 0.1) is 0 Å². The highest BCUT2D eigenvalue weighted by atomic mass is 35.5. The second-order valence-electron chi connectivity index (χ2n) is 5.95. The van der Waals surface area contributed by atoms with Gasteiger partial charge < -0.3 is 11.1 Å². The SMILES string of the molecule is Cl.Cl.NCCNc1c(-c2cccc3ccccc23)ccc2ccccc12. The second-order valence-corrected chi connectivity index (χ2v) is 5.95. The van der Waals surface area contributed by atoms with Gasteiger partial charge in [0.25, 0.3) is 0 Å². The van der Waals surface area contributed by atoms with E-state index < -0.39 is 0 Å². The van der Waals surface area contributed by atoms with Crippen LogP contribution in [0.2, 0.25) is 0 Å². The molecule has 26 heavy (non-hydrogen) atoms. The van der Waals surface area contributed by atoms with Crippen molar-refractivity contribution in [1.29, 1.82) is 0 Å². The summed E-state index contributed by atoms with van der Waals surface area (Å²) in [6.07, 6.45) is 0. The molecule has 0 aliphatic rings. The number of nitrogens with two attached hydrogens (primary N) is 1.